The van der Waals surface area contributed by atoms with Crippen LogP contribution in [0.5, 0.6) is 0 Å². The van der Waals surface area contributed by atoms with Crippen molar-refractivity contribution in [2.24, 2.45) is 11.3 Å². The van der Waals surface area contributed by atoms with Crippen LogP contribution in [0.1, 0.15) is 26.2 Å². The van der Waals surface area contributed by atoms with Crippen molar-refractivity contribution in [2.75, 3.05) is 32.8 Å². The maximum atomic E-state index is 12.1. The first-order valence-corrected chi connectivity index (χ1v) is 7.35. The highest BCUT2D eigenvalue weighted by molar-refractivity contribution is 5.89. The topological polar surface area (TPSA) is 95.9 Å². The number of carbonyl (C=O) groups excluding carboxylic acids is 2. The number of hydrogen-bond acceptors (Lipinski definition) is 4. The first kappa shape index (κ1) is 15.8. The molecule has 2 fully saturated rings. The molecule has 0 spiro atoms. The van der Waals surface area contributed by atoms with Crippen molar-refractivity contribution in [3.8, 4) is 0 Å². The third kappa shape index (κ3) is 3.34. The molecule has 0 aliphatic carbocycles. The lowest BCUT2D eigenvalue weighted by atomic mass is 9.80. The summed E-state index contributed by atoms with van der Waals surface area (Å²) in [5.41, 5.74) is -0.943. The van der Waals surface area contributed by atoms with Crippen LogP contribution in [0.3, 0.4) is 0 Å². The number of nitrogens with one attached hydrogen (secondary N) is 1. The summed E-state index contributed by atoms with van der Waals surface area (Å²) in [7, 11) is 0. The molecule has 2 saturated heterocycles. The Labute approximate surface area is 123 Å². The lowest BCUT2D eigenvalue weighted by Crippen LogP contribution is -2.47. The Hall–Kier alpha value is -1.63. The molecule has 1 atom stereocenters. The SMILES string of the molecule is CCN1CC(C(=O)NCC2(C(=O)O)CCOCC2)CC1=O. The molecule has 0 bridgehead atoms. The molecule has 2 aliphatic rings. The molecular formula is C14H22N2O5. The second-order valence-electron chi connectivity index (χ2n) is 5.75. The summed E-state index contributed by atoms with van der Waals surface area (Å²) >= 11 is 0. The quantitative estimate of drug-likeness (QED) is 0.736. The third-order valence-electron chi connectivity index (χ3n) is 4.47. The second-order valence-corrected chi connectivity index (χ2v) is 5.75. The van der Waals surface area contributed by atoms with Gasteiger partial charge in [0.05, 0.1) is 11.3 Å². The fourth-order valence-electron chi connectivity index (χ4n) is 2.88. The van der Waals surface area contributed by atoms with Gasteiger partial charge in [0.1, 0.15) is 0 Å². The van der Waals surface area contributed by atoms with Crippen molar-refractivity contribution in [3.05, 3.63) is 0 Å². The summed E-state index contributed by atoms with van der Waals surface area (Å²) in [6.45, 7) is 3.78. The van der Waals surface area contributed by atoms with Crippen LogP contribution in [0, 0.1) is 11.3 Å². The maximum absolute atomic E-state index is 12.1. The van der Waals surface area contributed by atoms with E-state index in [1.165, 1.54) is 0 Å². The van der Waals surface area contributed by atoms with Gasteiger partial charge in [-0.2, -0.15) is 0 Å². The lowest BCUT2D eigenvalue weighted by Gasteiger charge is -2.33. The van der Waals surface area contributed by atoms with Crippen molar-refractivity contribution in [2.45, 2.75) is 26.2 Å². The molecule has 21 heavy (non-hydrogen) atoms. The highest BCUT2D eigenvalue weighted by atomic mass is 16.5. The molecule has 0 radical (unpaired) electrons. The Kier molecular flexibility index (Phi) is 4.82. The zero-order valence-electron chi connectivity index (χ0n) is 12.3. The molecule has 2 aliphatic heterocycles. The van der Waals surface area contributed by atoms with Crippen molar-refractivity contribution in [3.63, 3.8) is 0 Å². The monoisotopic (exact) mass is 298 g/mol. The minimum absolute atomic E-state index is 0.0170. The van der Waals surface area contributed by atoms with Gasteiger partial charge in [-0.25, -0.2) is 0 Å². The van der Waals surface area contributed by atoms with E-state index in [1.54, 1.807) is 4.90 Å². The van der Waals surface area contributed by atoms with Crippen molar-refractivity contribution < 1.29 is 24.2 Å². The van der Waals surface area contributed by atoms with Crippen LogP contribution in [0.2, 0.25) is 0 Å². The van der Waals surface area contributed by atoms with Crippen LogP contribution in [0.25, 0.3) is 0 Å². The van der Waals surface area contributed by atoms with Gasteiger partial charge in [0.15, 0.2) is 0 Å². The van der Waals surface area contributed by atoms with E-state index in [4.69, 9.17) is 4.74 Å². The van der Waals surface area contributed by atoms with Crippen LogP contribution in [0.4, 0.5) is 0 Å². The highest BCUT2D eigenvalue weighted by Gasteiger charge is 2.41. The van der Waals surface area contributed by atoms with Gasteiger partial charge in [-0.3, -0.25) is 14.4 Å². The first-order chi connectivity index (χ1) is 9.98. The maximum Gasteiger partial charge on any atom is 0.311 e. The Bertz CT molecular complexity index is 431. The van der Waals surface area contributed by atoms with E-state index in [2.05, 4.69) is 5.32 Å². The van der Waals surface area contributed by atoms with Gasteiger partial charge in [0.2, 0.25) is 11.8 Å². The van der Waals surface area contributed by atoms with Gasteiger partial charge in [-0.05, 0) is 19.8 Å². The first-order valence-electron chi connectivity index (χ1n) is 7.35. The Morgan fingerprint density at radius 3 is 2.62 bits per heavy atom. The number of carboxylic acid groups (broad SMARTS) is 1. The van der Waals surface area contributed by atoms with Crippen LogP contribution in [-0.4, -0.2) is 60.6 Å². The van der Waals surface area contributed by atoms with E-state index in [0.29, 0.717) is 39.1 Å². The lowest BCUT2D eigenvalue weighted by molar-refractivity contribution is -0.154. The highest BCUT2D eigenvalue weighted by Crippen LogP contribution is 2.30. The van der Waals surface area contributed by atoms with E-state index in [1.807, 2.05) is 6.92 Å². The average molecular weight is 298 g/mol. The number of hydrogen-bond donors (Lipinski definition) is 2. The van der Waals surface area contributed by atoms with Crippen LogP contribution < -0.4 is 5.32 Å². The van der Waals surface area contributed by atoms with E-state index in [-0.39, 0.29) is 30.7 Å². The van der Waals surface area contributed by atoms with Gasteiger partial charge in [-0.1, -0.05) is 0 Å². The van der Waals surface area contributed by atoms with Gasteiger partial charge >= 0.3 is 5.97 Å². The summed E-state index contributed by atoms with van der Waals surface area (Å²) in [5.74, 6) is -1.52. The minimum Gasteiger partial charge on any atom is -0.481 e. The van der Waals surface area contributed by atoms with E-state index < -0.39 is 11.4 Å². The molecule has 7 heteroatoms. The summed E-state index contributed by atoms with van der Waals surface area (Å²) in [6, 6.07) is 0. The molecule has 0 aromatic heterocycles. The predicted molar refractivity (Wildman–Crippen MR) is 73.5 cm³/mol. The number of ether oxygens (including phenoxy) is 1. The van der Waals surface area contributed by atoms with Gasteiger partial charge < -0.3 is 20.1 Å². The molecule has 0 aromatic rings. The molecule has 2 heterocycles. The molecular weight excluding hydrogens is 276 g/mol. The Morgan fingerprint density at radius 1 is 1.43 bits per heavy atom. The number of nitrogens with zero attached hydrogens (tertiary/aromatic N) is 1. The zero-order chi connectivity index (χ0) is 15.5. The summed E-state index contributed by atoms with van der Waals surface area (Å²) in [4.78, 5) is 36.9. The smallest absolute Gasteiger partial charge is 0.311 e. The summed E-state index contributed by atoms with van der Waals surface area (Å²) in [6.07, 6.45) is 1.00. The summed E-state index contributed by atoms with van der Waals surface area (Å²) in [5, 5.41) is 12.1. The number of carbonyl (C=O) groups is 3. The molecule has 2 rings (SSSR count). The molecule has 0 aromatic carbocycles. The number of amides is 2. The normalized spacial score (nSPS) is 24.9. The van der Waals surface area contributed by atoms with E-state index >= 15 is 0 Å². The van der Waals surface area contributed by atoms with Crippen molar-refractivity contribution in [1.82, 2.24) is 10.2 Å². The van der Waals surface area contributed by atoms with Gasteiger partial charge in [0, 0.05) is 39.3 Å². The Morgan fingerprint density at radius 2 is 2.10 bits per heavy atom. The van der Waals surface area contributed by atoms with E-state index in [0.717, 1.165) is 0 Å². The van der Waals surface area contributed by atoms with Gasteiger partial charge in [0.25, 0.3) is 0 Å². The van der Waals surface area contributed by atoms with Crippen molar-refractivity contribution >= 4 is 17.8 Å². The number of aliphatic carboxylic acids is 1. The van der Waals surface area contributed by atoms with Crippen LogP contribution >= 0.6 is 0 Å². The largest absolute Gasteiger partial charge is 0.481 e. The summed E-state index contributed by atoms with van der Waals surface area (Å²) < 4.78 is 5.20. The average Bonchev–Trinajstić information content (AvgIpc) is 2.86. The second kappa shape index (κ2) is 6.43. The van der Waals surface area contributed by atoms with Crippen LogP contribution in [-0.2, 0) is 19.1 Å². The molecule has 2 N–H and O–H groups in total. The third-order valence-corrected chi connectivity index (χ3v) is 4.47. The fraction of sp³-hybridized carbons (Fsp3) is 0.786. The number of likely N-dealkylation sites (tertiary alicyclic amines) is 1. The van der Waals surface area contributed by atoms with Gasteiger partial charge in [-0.15, -0.1) is 0 Å². The molecule has 118 valence electrons. The fourth-order valence-corrected chi connectivity index (χ4v) is 2.88. The predicted octanol–water partition coefficient (Wildman–Crippen LogP) is -0.148. The Balaban J connectivity index is 1.91. The number of rotatable bonds is 5. The standard InChI is InChI=1S/C14H22N2O5/c1-2-16-8-10(7-11(16)17)12(18)15-9-14(13(19)20)3-5-21-6-4-14/h10H,2-9H2,1H3,(H,15,18)(H,19,20). The number of carboxylic acids is 1. The molecule has 2 amide bonds. The van der Waals surface area contributed by atoms with Crippen molar-refractivity contribution in [1.29, 1.82) is 0 Å². The van der Waals surface area contributed by atoms with E-state index in [9.17, 15) is 19.5 Å². The van der Waals surface area contributed by atoms with Crippen LogP contribution in [0.15, 0.2) is 0 Å². The molecule has 0 saturated carbocycles. The molecule has 7 nitrogen and oxygen atoms in total. The molecule has 1 unspecified atom stereocenters. The zero-order valence-corrected chi connectivity index (χ0v) is 12.3. The minimum atomic E-state index is -0.943.